The van der Waals surface area contributed by atoms with Gasteiger partial charge in [0.1, 0.15) is 6.42 Å². The van der Waals surface area contributed by atoms with Crippen molar-refractivity contribution < 1.29 is 23.2 Å². The lowest BCUT2D eigenvalue weighted by Gasteiger charge is -2.21. The fourth-order valence-corrected chi connectivity index (χ4v) is 1.07. The van der Waals surface area contributed by atoms with E-state index in [-0.39, 0.29) is 18.9 Å². The van der Waals surface area contributed by atoms with Crippen molar-refractivity contribution in [2.24, 2.45) is 10.9 Å². The molecule has 0 aliphatic rings. The molecule has 5 nitrogen and oxygen atoms in total. The molecule has 0 bridgehead atoms. The third-order valence-corrected chi connectivity index (χ3v) is 1.68. The summed E-state index contributed by atoms with van der Waals surface area (Å²) in [4.78, 5) is 12.1. The highest BCUT2D eigenvalue weighted by Gasteiger charge is 2.33. The van der Waals surface area contributed by atoms with Gasteiger partial charge in [-0.1, -0.05) is 12.1 Å². The van der Waals surface area contributed by atoms with E-state index in [2.05, 4.69) is 5.16 Å². The molecule has 0 aliphatic heterocycles. The molecule has 0 atom stereocenters. The number of oxime groups is 1. The van der Waals surface area contributed by atoms with Gasteiger partial charge in [-0.25, -0.2) is 0 Å². The van der Waals surface area contributed by atoms with Gasteiger partial charge in [-0.15, -0.1) is 0 Å². The lowest BCUT2D eigenvalue weighted by molar-refractivity contribution is -0.160. The molecule has 0 fully saturated rings. The second kappa shape index (κ2) is 6.19. The summed E-state index contributed by atoms with van der Waals surface area (Å²) in [6.45, 7) is 1.53. The number of nitrogens with two attached hydrogens (primary N) is 1. The van der Waals surface area contributed by atoms with Gasteiger partial charge in [0.25, 0.3) is 0 Å². The van der Waals surface area contributed by atoms with Gasteiger partial charge in [0, 0.05) is 6.54 Å². The van der Waals surface area contributed by atoms with Crippen molar-refractivity contribution >= 4 is 11.7 Å². The molecule has 8 heteroatoms. The number of amidine groups is 1. The first-order chi connectivity index (χ1) is 7.30. The Morgan fingerprint density at radius 3 is 2.44 bits per heavy atom. The first-order valence-electron chi connectivity index (χ1n) is 4.61. The SMILES string of the molecule is CCCN(CC(N)=NO)C(=O)CC(F)(F)F. The molecule has 0 aromatic heterocycles. The zero-order chi connectivity index (χ0) is 12.8. The molecule has 0 rings (SSSR count). The van der Waals surface area contributed by atoms with Crippen molar-refractivity contribution in [1.29, 1.82) is 0 Å². The molecule has 0 aromatic carbocycles. The van der Waals surface area contributed by atoms with E-state index in [9.17, 15) is 18.0 Å². The van der Waals surface area contributed by atoms with Gasteiger partial charge in [-0.05, 0) is 6.42 Å². The van der Waals surface area contributed by atoms with Crippen LogP contribution in [0.25, 0.3) is 0 Å². The fourth-order valence-electron chi connectivity index (χ4n) is 1.07. The predicted molar refractivity (Wildman–Crippen MR) is 51.0 cm³/mol. The third kappa shape index (κ3) is 6.10. The minimum Gasteiger partial charge on any atom is -0.409 e. The number of carbonyl (C=O) groups is 1. The van der Waals surface area contributed by atoms with Crippen LogP contribution >= 0.6 is 0 Å². The normalized spacial score (nSPS) is 12.6. The average Bonchev–Trinajstić information content (AvgIpc) is 2.14. The summed E-state index contributed by atoms with van der Waals surface area (Å²) in [6, 6.07) is 0. The van der Waals surface area contributed by atoms with Crippen molar-refractivity contribution in [3.05, 3.63) is 0 Å². The van der Waals surface area contributed by atoms with E-state index < -0.39 is 18.5 Å². The maximum Gasteiger partial charge on any atom is 0.397 e. The Bertz CT molecular complexity index is 266. The van der Waals surface area contributed by atoms with Crippen LogP contribution in [0.15, 0.2) is 5.16 Å². The molecule has 0 aromatic rings. The zero-order valence-corrected chi connectivity index (χ0v) is 8.79. The van der Waals surface area contributed by atoms with Crippen LogP contribution in [0.5, 0.6) is 0 Å². The van der Waals surface area contributed by atoms with E-state index in [1.165, 1.54) is 0 Å². The fraction of sp³-hybridized carbons (Fsp3) is 0.750. The maximum absolute atomic E-state index is 12.0. The highest BCUT2D eigenvalue weighted by molar-refractivity contribution is 5.87. The van der Waals surface area contributed by atoms with Crippen LogP contribution < -0.4 is 5.73 Å². The van der Waals surface area contributed by atoms with Gasteiger partial charge < -0.3 is 15.8 Å². The first-order valence-corrected chi connectivity index (χ1v) is 4.61. The average molecular weight is 241 g/mol. The second-order valence-electron chi connectivity index (χ2n) is 3.20. The number of alkyl halides is 3. The summed E-state index contributed by atoms with van der Waals surface area (Å²) in [7, 11) is 0. The second-order valence-corrected chi connectivity index (χ2v) is 3.20. The number of rotatable bonds is 5. The van der Waals surface area contributed by atoms with Crippen molar-refractivity contribution in [1.82, 2.24) is 4.90 Å². The molecule has 0 unspecified atom stereocenters. The Hall–Kier alpha value is -1.47. The smallest absolute Gasteiger partial charge is 0.397 e. The Labute approximate surface area is 90.7 Å². The van der Waals surface area contributed by atoms with Gasteiger partial charge in [-0.2, -0.15) is 13.2 Å². The van der Waals surface area contributed by atoms with Crippen LogP contribution in [-0.4, -0.2) is 41.1 Å². The van der Waals surface area contributed by atoms with Crippen molar-refractivity contribution in [2.75, 3.05) is 13.1 Å². The highest BCUT2D eigenvalue weighted by Crippen LogP contribution is 2.20. The molecule has 3 N–H and O–H groups in total. The van der Waals surface area contributed by atoms with E-state index in [4.69, 9.17) is 10.9 Å². The number of hydrogen-bond acceptors (Lipinski definition) is 3. The topological polar surface area (TPSA) is 78.9 Å². The number of carbonyl (C=O) groups excluding carboxylic acids is 1. The van der Waals surface area contributed by atoms with Crippen molar-refractivity contribution in [3.8, 4) is 0 Å². The largest absolute Gasteiger partial charge is 0.409 e. The van der Waals surface area contributed by atoms with Gasteiger partial charge >= 0.3 is 6.18 Å². The molecular formula is C8H14F3N3O2. The van der Waals surface area contributed by atoms with E-state index in [0.717, 1.165) is 4.90 Å². The third-order valence-electron chi connectivity index (χ3n) is 1.68. The van der Waals surface area contributed by atoms with Crippen LogP contribution in [-0.2, 0) is 4.79 Å². The Balaban J connectivity index is 4.47. The molecule has 16 heavy (non-hydrogen) atoms. The van der Waals surface area contributed by atoms with Crippen molar-refractivity contribution in [2.45, 2.75) is 25.9 Å². The van der Waals surface area contributed by atoms with Crippen LogP contribution in [0.2, 0.25) is 0 Å². The lowest BCUT2D eigenvalue weighted by atomic mass is 10.3. The Kier molecular flexibility index (Phi) is 5.62. The molecule has 0 saturated heterocycles. The summed E-state index contributed by atoms with van der Waals surface area (Å²) in [5.74, 6) is -1.38. The van der Waals surface area contributed by atoms with Gasteiger partial charge in [0.15, 0.2) is 5.84 Å². The van der Waals surface area contributed by atoms with Crippen LogP contribution in [0.3, 0.4) is 0 Å². The molecule has 0 heterocycles. The van der Waals surface area contributed by atoms with E-state index >= 15 is 0 Å². The maximum atomic E-state index is 12.0. The van der Waals surface area contributed by atoms with Gasteiger partial charge in [0.05, 0.1) is 6.54 Å². The van der Waals surface area contributed by atoms with Gasteiger partial charge in [-0.3, -0.25) is 4.79 Å². The molecule has 0 aliphatic carbocycles. The Morgan fingerprint density at radius 2 is 2.06 bits per heavy atom. The molecule has 94 valence electrons. The monoisotopic (exact) mass is 241 g/mol. The quantitative estimate of drug-likeness (QED) is 0.325. The van der Waals surface area contributed by atoms with E-state index in [1.807, 2.05) is 0 Å². The van der Waals surface area contributed by atoms with E-state index in [0.29, 0.717) is 6.42 Å². The van der Waals surface area contributed by atoms with Crippen LogP contribution in [0, 0.1) is 0 Å². The summed E-state index contributed by atoms with van der Waals surface area (Å²) >= 11 is 0. The molecule has 0 spiro atoms. The summed E-state index contributed by atoms with van der Waals surface area (Å²) in [6.07, 6.45) is -5.60. The van der Waals surface area contributed by atoms with Crippen LogP contribution in [0.4, 0.5) is 13.2 Å². The van der Waals surface area contributed by atoms with Gasteiger partial charge in [0.2, 0.25) is 5.91 Å². The molecule has 1 amide bonds. The summed E-state index contributed by atoms with van der Waals surface area (Å²) in [5.41, 5.74) is 5.13. The highest BCUT2D eigenvalue weighted by atomic mass is 19.4. The zero-order valence-electron chi connectivity index (χ0n) is 8.79. The Morgan fingerprint density at radius 1 is 1.50 bits per heavy atom. The number of halogens is 3. The molecule has 0 radical (unpaired) electrons. The first kappa shape index (κ1) is 14.5. The predicted octanol–water partition coefficient (Wildman–Crippen LogP) is 0.924. The number of hydrogen-bond donors (Lipinski definition) is 2. The lowest BCUT2D eigenvalue weighted by Crippen LogP contribution is -2.40. The minimum absolute atomic E-state index is 0.130. The molecular weight excluding hydrogens is 227 g/mol. The van der Waals surface area contributed by atoms with Crippen molar-refractivity contribution in [3.63, 3.8) is 0 Å². The van der Waals surface area contributed by atoms with E-state index in [1.54, 1.807) is 6.92 Å². The molecule has 0 saturated carbocycles. The number of nitrogens with zero attached hydrogens (tertiary/aromatic N) is 2. The summed E-state index contributed by atoms with van der Waals surface area (Å²) in [5, 5.41) is 10.9. The number of amides is 1. The minimum atomic E-state index is -4.55. The summed E-state index contributed by atoms with van der Waals surface area (Å²) < 4.78 is 35.9. The van der Waals surface area contributed by atoms with Crippen LogP contribution in [0.1, 0.15) is 19.8 Å². The standard InChI is InChI=1S/C8H14F3N3O2/c1-2-3-14(5-6(12)13-16)7(15)4-8(9,10)11/h16H,2-5H2,1H3,(H2,12,13).